The summed E-state index contributed by atoms with van der Waals surface area (Å²) >= 11 is 3.29. The van der Waals surface area contributed by atoms with Gasteiger partial charge < -0.3 is 9.64 Å². The summed E-state index contributed by atoms with van der Waals surface area (Å²) in [5, 5.41) is 0.785. The van der Waals surface area contributed by atoms with Crippen LogP contribution in [0.1, 0.15) is 23.2 Å². The van der Waals surface area contributed by atoms with Gasteiger partial charge in [-0.05, 0) is 25.0 Å². The van der Waals surface area contributed by atoms with Gasteiger partial charge in [-0.25, -0.2) is 8.78 Å². The SMILES string of the molecule is O=C(c1ccc(F)cc1F)N1CCC(OCCBr)CC1. The summed E-state index contributed by atoms with van der Waals surface area (Å²) in [6.45, 7) is 1.70. The van der Waals surface area contributed by atoms with Gasteiger partial charge in [-0.1, -0.05) is 15.9 Å². The number of benzene rings is 1. The van der Waals surface area contributed by atoms with Crippen LogP contribution in [0, 0.1) is 11.6 Å². The molecule has 0 unspecified atom stereocenters. The second kappa shape index (κ2) is 7.13. The van der Waals surface area contributed by atoms with E-state index in [1.807, 2.05) is 0 Å². The van der Waals surface area contributed by atoms with Crippen molar-refractivity contribution in [3.05, 3.63) is 35.4 Å². The molecule has 3 nitrogen and oxygen atoms in total. The highest BCUT2D eigenvalue weighted by Gasteiger charge is 2.25. The number of hydrogen-bond acceptors (Lipinski definition) is 2. The third-order valence-electron chi connectivity index (χ3n) is 3.32. The molecule has 1 heterocycles. The normalized spacial score (nSPS) is 16.4. The average Bonchev–Trinajstić information content (AvgIpc) is 2.45. The fourth-order valence-corrected chi connectivity index (χ4v) is 2.46. The molecule has 20 heavy (non-hydrogen) atoms. The Hall–Kier alpha value is -1.01. The van der Waals surface area contributed by atoms with E-state index in [0.29, 0.717) is 19.7 Å². The second-order valence-electron chi connectivity index (χ2n) is 4.68. The Morgan fingerprint density at radius 2 is 2.05 bits per heavy atom. The first-order valence-corrected chi connectivity index (χ1v) is 7.66. The van der Waals surface area contributed by atoms with Gasteiger partial charge >= 0.3 is 0 Å². The third kappa shape index (κ3) is 3.76. The Labute approximate surface area is 125 Å². The molecule has 0 aliphatic carbocycles. The zero-order valence-corrected chi connectivity index (χ0v) is 12.5. The summed E-state index contributed by atoms with van der Waals surface area (Å²) in [5.74, 6) is -1.88. The van der Waals surface area contributed by atoms with Crippen LogP contribution in [0.4, 0.5) is 8.78 Å². The molecule has 0 aromatic heterocycles. The van der Waals surface area contributed by atoms with Gasteiger partial charge in [0.1, 0.15) is 11.6 Å². The Bertz CT molecular complexity index is 476. The highest BCUT2D eigenvalue weighted by atomic mass is 79.9. The van der Waals surface area contributed by atoms with Crippen molar-refractivity contribution in [2.75, 3.05) is 25.0 Å². The van der Waals surface area contributed by atoms with E-state index in [4.69, 9.17) is 4.74 Å². The van der Waals surface area contributed by atoms with Crippen molar-refractivity contribution in [2.24, 2.45) is 0 Å². The number of carbonyl (C=O) groups excluding carboxylic acids is 1. The fourth-order valence-electron chi connectivity index (χ4n) is 2.27. The van der Waals surface area contributed by atoms with Gasteiger partial charge in [-0.15, -0.1) is 0 Å². The van der Waals surface area contributed by atoms with Crippen LogP contribution in [0.2, 0.25) is 0 Å². The Morgan fingerprint density at radius 1 is 1.35 bits per heavy atom. The van der Waals surface area contributed by atoms with Crippen LogP contribution in [-0.2, 0) is 4.74 Å². The van der Waals surface area contributed by atoms with Crippen LogP contribution in [0.25, 0.3) is 0 Å². The fraction of sp³-hybridized carbons (Fsp3) is 0.500. The number of amides is 1. The summed E-state index contributed by atoms with van der Waals surface area (Å²) in [7, 11) is 0. The largest absolute Gasteiger partial charge is 0.377 e. The molecule has 1 saturated heterocycles. The number of piperidine rings is 1. The number of nitrogens with zero attached hydrogens (tertiary/aromatic N) is 1. The smallest absolute Gasteiger partial charge is 0.256 e. The molecule has 0 atom stereocenters. The van der Waals surface area contributed by atoms with E-state index in [9.17, 15) is 13.6 Å². The molecule has 1 amide bonds. The maximum atomic E-state index is 13.6. The molecule has 110 valence electrons. The van der Waals surface area contributed by atoms with Gasteiger partial charge in [0.25, 0.3) is 5.91 Å². The second-order valence-corrected chi connectivity index (χ2v) is 5.47. The molecule has 2 rings (SSSR count). The van der Waals surface area contributed by atoms with E-state index in [1.54, 1.807) is 4.90 Å². The lowest BCUT2D eigenvalue weighted by Gasteiger charge is -2.32. The van der Waals surface area contributed by atoms with E-state index in [0.717, 1.165) is 30.3 Å². The van der Waals surface area contributed by atoms with Crippen LogP contribution in [-0.4, -0.2) is 41.9 Å². The lowest BCUT2D eigenvalue weighted by molar-refractivity contribution is 0.0158. The first-order valence-electron chi connectivity index (χ1n) is 6.53. The van der Waals surface area contributed by atoms with E-state index >= 15 is 0 Å². The maximum absolute atomic E-state index is 13.6. The number of likely N-dealkylation sites (tertiary alicyclic amines) is 1. The average molecular weight is 348 g/mol. The first-order chi connectivity index (χ1) is 9.61. The molecule has 1 aliphatic heterocycles. The quantitative estimate of drug-likeness (QED) is 0.783. The number of halogens is 3. The summed E-state index contributed by atoms with van der Waals surface area (Å²) in [6.07, 6.45) is 1.62. The Morgan fingerprint density at radius 3 is 2.65 bits per heavy atom. The van der Waals surface area contributed by atoms with Crippen molar-refractivity contribution in [3.8, 4) is 0 Å². The molecular formula is C14H16BrF2NO2. The van der Waals surface area contributed by atoms with Crippen LogP contribution >= 0.6 is 15.9 Å². The van der Waals surface area contributed by atoms with E-state index in [1.165, 1.54) is 6.07 Å². The van der Waals surface area contributed by atoms with Crippen molar-refractivity contribution in [1.29, 1.82) is 0 Å². The molecule has 1 fully saturated rings. The molecule has 0 radical (unpaired) electrons. The lowest BCUT2D eigenvalue weighted by atomic mass is 10.1. The number of alkyl halides is 1. The van der Waals surface area contributed by atoms with Crippen molar-refractivity contribution >= 4 is 21.8 Å². The van der Waals surface area contributed by atoms with E-state index in [-0.39, 0.29) is 17.6 Å². The minimum atomic E-state index is -0.812. The predicted octanol–water partition coefficient (Wildman–Crippen LogP) is 2.98. The van der Waals surface area contributed by atoms with Crippen LogP contribution in [0.15, 0.2) is 18.2 Å². The molecule has 6 heteroatoms. The number of hydrogen-bond donors (Lipinski definition) is 0. The highest BCUT2D eigenvalue weighted by molar-refractivity contribution is 9.09. The van der Waals surface area contributed by atoms with E-state index in [2.05, 4.69) is 15.9 Å². The van der Waals surface area contributed by atoms with Gasteiger partial charge in [0.2, 0.25) is 0 Å². The number of rotatable bonds is 4. The molecule has 0 bridgehead atoms. The van der Waals surface area contributed by atoms with Gasteiger partial charge in [-0.2, -0.15) is 0 Å². The van der Waals surface area contributed by atoms with Gasteiger partial charge in [0.15, 0.2) is 0 Å². The van der Waals surface area contributed by atoms with Gasteiger partial charge in [0, 0.05) is 24.5 Å². The highest BCUT2D eigenvalue weighted by Crippen LogP contribution is 2.18. The molecule has 0 spiro atoms. The predicted molar refractivity (Wildman–Crippen MR) is 75.0 cm³/mol. The maximum Gasteiger partial charge on any atom is 0.256 e. The standard InChI is InChI=1S/C14H16BrF2NO2/c15-5-8-20-11-3-6-18(7-4-11)14(19)12-2-1-10(16)9-13(12)17/h1-2,9,11H,3-8H2. The monoisotopic (exact) mass is 347 g/mol. The third-order valence-corrected chi connectivity index (χ3v) is 3.65. The van der Waals surface area contributed by atoms with Crippen LogP contribution in [0.5, 0.6) is 0 Å². The Kier molecular flexibility index (Phi) is 5.48. The van der Waals surface area contributed by atoms with Crippen molar-refractivity contribution in [3.63, 3.8) is 0 Å². The minimum Gasteiger partial charge on any atom is -0.377 e. The van der Waals surface area contributed by atoms with Crippen molar-refractivity contribution in [1.82, 2.24) is 4.90 Å². The number of carbonyl (C=O) groups is 1. The number of ether oxygens (including phenoxy) is 1. The van der Waals surface area contributed by atoms with Gasteiger partial charge in [-0.3, -0.25) is 4.79 Å². The first kappa shape index (κ1) is 15.4. The molecule has 1 aromatic rings. The zero-order chi connectivity index (χ0) is 14.5. The molecular weight excluding hydrogens is 332 g/mol. The van der Waals surface area contributed by atoms with Crippen molar-refractivity contribution < 1.29 is 18.3 Å². The molecule has 0 N–H and O–H groups in total. The zero-order valence-electron chi connectivity index (χ0n) is 10.9. The van der Waals surface area contributed by atoms with Gasteiger partial charge in [0.05, 0.1) is 18.3 Å². The lowest BCUT2D eigenvalue weighted by Crippen LogP contribution is -2.41. The van der Waals surface area contributed by atoms with Crippen LogP contribution < -0.4 is 0 Å². The Balaban J connectivity index is 1.94. The van der Waals surface area contributed by atoms with E-state index < -0.39 is 11.6 Å². The topological polar surface area (TPSA) is 29.5 Å². The molecule has 1 aromatic carbocycles. The van der Waals surface area contributed by atoms with Crippen molar-refractivity contribution in [2.45, 2.75) is 18.9 Å². The molecule has 1 aliphatic rings. The molecule has 0 saturated carbocycles. The summed E-state index contributed by atoms with van der Waals surface area (Å²) < 4.78 is 32.0. The summed E-state index contributed by atoms with van der Waals surface area (Å²) in [4.78, 5) is 13.8. The minimum absolute atomic E-state index is 0.0776. The summed E-state index contributed by atoms with van der Waals surface area (Å²) in [6, 6.07) is 3.03. The summed E-state index contributed by atoms with van der Waals surface area (Å²) in [5.41, 5.74) is -0.0776. The van der Waals surface area contributed by atoms with Crippen LogP contribution in [0.3, 0.4) is 0 Å².